The molecule has 1 radical (unpaired) electrons. The lowest BCUT2D eigenvalue weighted by Gasteiger charge is -2.11. The van der Waals surface area contributed by atoms with Gasteiger partial charge < -0.3 is 0 Å². The fourth-order valence-corrected chi connectivity index (χ4v) is 0.405. The molecule has 0 spiro atoms. The van der Waals surface area contributed by atoms with Crippen molar-refractivity contribution in [2.45, 2.75) is 13.3 Å². The summed E-state index contributed by atoms with van der Waals surface area (Å²) in [5.74, 6) is -0.0278. The summed E-state index contributed by atoms with van der Waals surface area (Å²) in [4.78, 5) is 15.4. The van der Waals surface area contributed by atoms with E-state index in [0.717, 1.165) is 0 Å². The SMILES string of the molecule is C[CH]CC(=O)N(C)OC. The van der Waals surface area contributed by atoms with Crippen molar-refractivity contribution in [2.24, 2.45) is 0 Å². The zero-order chi connectivity index (χ0) is 7.28. The average Bonchev–Trinajstić information content (AvgIpc) is 1.87. The van der Waals surface area contributed by atoms with Crippen LogP contribution in [-0.4, -0.2) is 25.1 Å². The van der Waals surface area contributed by atoms with Crippen LogP contribution in [0.25, 0.3) is 0 Å². The second-order valence-corrected chi connectivity index (χ2v) is 1.69. The van der Waals surface area contributed by atoms with Gasteiger partial charge in [0.2, 0.25) is 5.91 Å². The molecule has 0 aromatic heterocycles. The second-order valence-electron chi connectivity index (χ2n) is 1.69. The fourth-order valence-electron chi connectivity index (χ4n) is 0.405. The highest BCUT2D eigenvalue weighted by atomic mass is 16.7. The summed E-state index contributed by atoms with van der Waals surface area (Å²) in [6, 6.07) is 0. The molecular formula is C6H12NO2. The van der Waals surface area contributed by atoms with Crippen LogP contribution in [-0.2, 0) is 9.63 Å². The third-order valence-corrected chi connectivity index (χ3v) is 1.00. The van der Waals surface area contributed by atoms with Crippen LogP contribution in [0.5, 0.6) is 0 Å². The molecule has 0 unspecified atom stereocenters. The van der Waals surface area contributed by atoms with Crippen molar-refractivity contribution in [1.29, 1.82) is 0 Å². The summed E-state index contributed by atoms with van der Waals surface area (Å²) in [6.07, 6.45) is 2.22. The zero-order valence-electron chi connectivity index (χ0n) is 6.05. The molecule has 0 aromatic rings. The van der Waals surface area contributed by atoms with Gasteiger partial charge in [-0.3, -0.25) is 9.63 Å². The van der Waals surface area contributed by atoms with Crippen LogP contribution in [0.15, 0.2) is 0 Å². The smallest absolute Gasteiger partial charge is 0.246 e. The first-order chi connectivity index (χ1) is 4.22. The summed E-state index contributed by atoms with van der Waals surface area (Å²) >= 11 is 0. The van der Waals surface area contributed by atoms with Crippen LogP contribution in [0.2, 0.25) is 0 Å². The Morgan fingerprint density at radius 1 is 1.78 bits per heavy atom. The molecule has 3 nitrogen and oxygen atoms in total. The molecule has 0 rings (SSSR count). The average molecular weight is 130 g/mol. The van der Waals surface area contributed by atoms with Crippen molar-refractivity contribution in [3.63, 3.8) is 0 Å². The van der Waals surface area contributed by atoms with E-state index in [1.165, 1.54) is 12.2 Å². The molecule has 1 amide bonds. The zero-order valence-corrected chi connectivity index (χ0v) is 6.05. The van der Waals surface area contributed by atoms with Crippen LogP contribution >= 0.6 is 0 Å². The number of hydrogen-bond acceptors (Lipinski definition) is 2. The highest BCUT2D eigenvalue weighted by molar-refractivity contribution is 5.75. The predicted octanol–water partition coefficient (Wildman–Crippen LogP) is 0.620. The molecule has 0 aliphatic rings. The highest BCUT2D eigenvalue weighted by Gasteiger charge is 2.03. The number of amides is 1. The van der Waals surface area contributed by atoms with E-state index in [1.54, 1.807) is 13.5 Å². The van der Waals surface area contributed by atoms with E-state index in [4.69, 9.17) is 0 Å². The Labute approximate surface area is 55.6 Å². The van der Waals surface area contributed by atoms with E-state index in [0.29, 0.717) is 6.42 Å². The van der Waals surface area contributed by atoms with Gasteiger partial charge in [-0.2, -0.15) is 0 Å². The maximum atomic E-state index is 10.7. The number of hydroxylamine groups is 2. The van der Waals surface area contributed by atoms with E-state index in [1.807, 2.05) is 6.92 Å². The van der Waals surface area contributed by atoms with Crippen molar-refractivity contribution in [2.75, 3.05) is 14.2 Å². The molecule has 0 saturated heterocycles. The lowest BCUT2D eigenvalue weighted by atomic mass is 10.3. The first kappa shape index (κ1) is 8.43. The van der Waals surface area contributed by atoms with Crippen LogP contribution < -0.4 is 0 Å². The monoisotopic (exact) mass is 130 g/mol. The van der Waals surface area contributed by atoms with Gasteiger partial charge in [-0.25, -0.2) is 5.06 Å². The lowest BCUT2D eigenvalue weighted by Crippen LogP contribution is -2.24. The summed E-state index contributed by atoms with van der Waals surface area (Å²) in [7, 11) is 3.05. The van der Waals surface area contributed by atoms with Crippen molar-refractivity contribution in [1.82, 2.24) is 5.06 Å². The van der Waals surface area contributed by atoms with Crippen LogP contribution in [0.3, 0.4) is 0 Å². The van der Waals surface area contributed by atoms with Gasteiger partial charge in [0.15, 0.2) is 0 Å². The molecule has 0 aromatic carbocycles. The maximum Gasteiger partial charge on any atom is 0.246 e. The minimum atomic E-state index is -0.0278. The van der Waals surface area contributed by atoms with Gasteiger partial charge in [-0.1, -0.05) is 6.92 Å². The van der Waals surface area contributed by atoms with Gasteiger partial charge in [-0.15, -0.1) is 0 Å². The number of carbonyl (C=O) groups is 1. The summed E-state index contributed by atoms with van der Waals surface area (Å²) in [5, 5.41) is 1.21. The molecule has 0 fully saturated rings. The number of hydrogen-bond donors (Lipinski definition) is 0. The van der Waals surface area contributed by atoms with E-state index >= 15 is 0 Å². The van der Waals surface area contributed by atoms with Gasteiger partial charge >= 0.3 is 0 Å². The van der Waals surface area contributed by atoms with Crippen LogP contribution in [0.4, 0.5) is 0 Å². The largest absolute Gasteiger partial charge is 0.275 e. The van der Waals surface area contributed by atoms with E-state index in [9.17, 15) is 4.79 Å². The topological polar surface area (TPSA) is 29.5 Å². The van der Waals surface area contributed by atoms with Gasteiger partial charge in [0.05, 0.1) is 7.11 Å². The second kappa shape index (κ2) is 4.32. The van der Waals surface area contributed by atoms with Crippen molar-refractivity contribution in [3.8, 4) is 0 Å². The molecule has 0 bridgehead atoms. The van der Waals surface area contributed by atoms with Crippen LogP contribution in [0.1, 0.15) is 13.3 Å². The Balaban J connectivity index is 3.46. The molecular weight excluding hydrogens is 118 g/mol. The highest BCUT2D eigenvalue weighted by Crippen LogP contribution is 1.91. The minimum Gasteiger partial charge on any atom is -0.275 e. The molecule has 3 heteroatoms. The number of carbonyl (C=O) groups excluding carboxylic acids is 1. The first-order valence-corrected chi connectivity index (χ1v) is 2.80. The first-order valence-electron chi connectivity index (χ1n) is 2.80. The molecule has 0 N–H and O–H groups in total. The molecule has 9 heavy (non-hydrogen) atoms. The lowest BCUT2D eigenvalue weighted by molar-refractivity contribution is -0.167. The van der Waals surface area contributed by atoms with Gasteiger partial charge in [-0.05, 0) is 6.42 Å². The Hall–Kier alpha value is -0.570. The Morgan fingerprint density at radius 3 is 2.67 bits per heavy atom. The summed E-state index contributed by atoms with van der Waals surface area (Å²) in [5.41, 5.74) is 0. The van der Waals surface area contributed by atoms with Gasteiger partial charge in [0.25, 0.3) is 0 Å². The molecule has 53 valence electrons. The third-order valence-electron chi connectivity index (χ3n) is 1.00. The molecule has 0 saturated carbocycles. The van der Waals surface area contributed by atoms with Crippen molar-refractivity contribution < 1.29 is 9.63 Å². The fraction of sp³-hybridized carbons (Fsp3) is 0.667. The molecule has 0 aliphatic carbocycles. The van der Waals surface area contributed by atoms with Crippen LogP contribution in [0, 0.1) is 6.42 Å². The summed E-state index contributed by atoms with van der Waals surface area (Å²) in [6.45, 7) is 1.83. The summed E-state index contributed by atoms with van der Waals surface area (Å²) < 4.78 is 0. The van der Waals surface area contributed by atoms with Crippen molar-refractivity contribution >= 4 is 5.91 Å². The third kappa shape index (κ3) is 3.08. The Kier molecular flexibility index (Phi) is 4.05. The Bertz CT molecular complexity index is 93.1. The van der Waals surface area contributed by atoms with E-state index in [2.05, 4.69) is 4.84 Å². The maximum absolute atomic E-state index is 10.7. The number of nitrogens with zero attached hydrogens (tertiary/aromatic N) is 1. The molecule has 0 atom stereocenters. The van der Waals surface area contributed by atoms with E-state index in [-0.39, 0.29) is 5.91 Å². The minimum absolute atomic E-state index is 0.0278. The van der Waals surface area contributed by atoms with Gasteiger partial charge in [0, 0.05) is 13.5 Å². The van der Waals surface area contributed by atoms with Gasteiger partial charge in [0.1, 0.15) is 0 Å². The molecule has 0 heterocycles. The quantitative estimate of drug-likeness (QED) is 0.524. The molecule has 0 aliphatic heterocycles. The standard InChI is InChI=1S/C6H12NO2/c1-4-5-6(8)7(2)9-3/h4H,5H2,1-3H3. The predicted molar refractivity (Wildman–Crippen MR) is 34.4 cm³/mol. The van der Waals surface area contributed by atoms with E-state index < -0.39 is 0 Å². The number of rotatable bonds is 3. The Morgan fingerprint density at radius 2 is 2.33 bits per heavy atom. The van der Waals surface area contributed by atoms with Crippen molar-refractivity contribution in [3.05, 3.63) is 6.42 Å². The normalized spacial score (nSPS) is 9.22.